The lowest BCUT2D eigenvalue weighted by atomic mass is 10.0. The topological polar surface area (TPSA) is 296 Å². The Balaban J connectivity index is 0.000000161. The van der Waals surface area contributed by atoms with Gasteiger partial charge in [-0.15, -0.1) is 0 Å². The summed E-state index contributed by atoms with van der Waals surface area (Å²) >= 11 is 2.10. The zero-order chi connectivity index (χ0) is 81.8. The first-order valence-corrected chi connectivity index (χ1v) is 38.7. The smallest absolute Gasteiger partial charge is 0.361 e. The number of likely N-dealkylation sites (tertiary alicyclic amines) is 3. The molecule has 3 fully saturated rings. The highest BCUT2D eigenvalue weighted by molar-refractivity contribution is 14.1. The van der Waals surface area contributed by atoms with Gasteiger partial charge in [-0.25, -0.2) is 42.5 Å². The maximum atomic E-state index is 13.6. The van der Waals surface area contributed by atoms with Crippen LogP contribution in [0.15, 0.2) is 170 Å². The van der Waals surface area contributed by atoms with Crippen molar-refractivity contribution in [2.24, 2.45) is 0 Å². The van der Waals surface area contributed by atoms with Crippen LogP contribution in [-0.2, 0) is 61.1 Å². The number of rotatable bonds is 18. The Morgan fingerprint density at radius 3 is 1.10 bits per heavy atom. The van der Waals surface area contributed by atoms with Crippen molar-refractivity contribution in [2.45, 2.75) is 110 Å². The number of aromatic nitrogens is 6. The number of aliphatic hydroxyl groups excluding tert-OH is 2. The van der Waals surface area contributed by atoms with E-state index in [2.05, 4.69) is 71.2 Å². The lowest BCUT2D eigenvalue weighted by molar-refractivity contribution is -0.131. The lowest BCUT2D eigenvalue weighted by Crippen LogP contribution is -2.40. The van der Waals surface area contributed by atoms with Crippen LogP contribution in [0.4, 0.5) is 13.2 Å². The number of aliphatic hydroxyl groups is 2. The van der Waals surface area contributed by atoms with E-state index >= 15 is 0 Å². The van der Waals surface area contributed by atoms with Gasteiger partial charge in [0.25, 0.3) is 0 Å². The SMILES string of the molecule is CC(=O)N1CCC(OC(=O)c2nc(C#CCO)c3cc(Cc4ccc(F)cc4)cnc3c2O)CC1.CC(=O)N1CCC(OC(=O)c2nc(C#CCO)c3cc(Cc4ccc(F)cc4)cnc3c2OCc2ccccc2)CC1.CC(=O)N1CCC(OC(=O)c2nc(I)c3cc(Cc4ccc(F)cc4)cnc3c2OCc2ccccc2)CC1. The van der Waals surface area contributed by atoms with Gasteiger partial charge in [-0.1, -0.05) is 109 Å². The minimum absolute atomic E-state index is 0.00968. The van der Waals surface area contributed by atoms with Crippen LogP contribution in [-0.4, -0.2) is 166 Å². The van der Waals surface area contributed by atoms with Crippen molar-refractivity contribution in [1.29, 1.82) is 0 Å². The molecule has 116 heavy (non-hydrogen) atoms. The van der Waals surface area contributed by atoms with Crippen LogP contribution in [0.1, 0.15) is 147 Å². The monoisotopic (exact) mass is 1680 g/mol. The number of ether oxygens (including phenoxy) is 5. The van der Waals surface area contributed by atoms with E-state index in [1.165, 1.54) is 50.2 Å². The minimum Gasteiger partial charge on any atom is -0.504 e. The number of nitrogens with zero attached hydrogens (tertiary/aromatic N) is 9. The Labute approximate surface area is 680 Å². The van der Waals surface area contributed by atoms with Gasteiger partial charge in [0.15, 0.2) is 34.3 Å². The second-order valence-corrected chi connectivity index (χ2v) is 28.8. The van der Waals surface area contributed by atoms with Crippen LogP contribution in [0.2, 0.25) is 0 Å². The fourth-order valence-electron chi connectivity index (χ4n) is 13.5. The quantitative estimate of drug-likeness (QED) is 0.0236. The van der Waals surface area contributed by atoms with Crippen molar-refractivity contribution >= 4 is 90.9 Å². The van der Waals surface area contributed by atoms with Gasteiger partial charge in [0, 0.05) is 133 Å². The molecule has 9 heterocycles. The fourth-order valence-corrected chi connectivity index (χ4v) is 14.1. The van der Waals surface area contributed by atoms with E-state index in [0.717, 1.165) is 49.9 Å². The standard InChI is InChI=1S/C33H30FN3O5.C30H27FIN3O4.C26H24FN3O5/c1-22(39)37-15-13-27(14-16-37)42-33(40)31-32(41-21-24-6-3-2-4-7-24)30-28(29(36-31)8-5-17-38)19-25(20-35-30)18-23-9-11-26(34)12-10-23;1-19(36)35-13-11-24(12-14-35)39-30(37)27-28(38-18-21-5-3-2-4-6-21)26-25(29(32)34-27)16-22(17-33-26)15-20-7-9-23(31)10-8-20;1-16(32)30-10-8-20(9-11-30)35-26(34)24-25(33)23-21(22(29-24)3-2-12-31)14-18(15-28-23)13-17-4-6-19(27)7-5-17/h2-4,6-7,9-12,19-20,27,38H,13-18,21H2,1H3;2-10,16-17,24H,11-15,18H2,1H3;4-7,14-15,20,31,33H,8-13H2,1H3. The molecule has 3 saturated heterocycles. The summed E-state index contributed by atoms with van der Waals surface area (Å²) in [6.45, 7) is 7.21. The maximum absolute atomic E-state index is 13.6. The van der Waals surface area contributed by atoms with Gasteiger partial charge in [0.1, 0.15) is 93.8 Å². The first-order chi connectivity index (χ1) is 56.1. The van der Waals surface area contributed by atoms with Gasteiger partial charge in [0.05, 0.1) is 0 Å². The number of aromatic hydroxyl groups is 1. The highest BCUT2D eigenvalue weighted by Gasteiger charge is 2.33. The summed E-state index contributed by atoms with van der Waals surface area (Å²) in [7, 11) is 0. The van der Waals surface area contributed by atoms with Crippen LogP contribution >= 0.6 is 22.6 Å². The van der Waals surface area contributed by atoms with Crippen molar-refractivity contribution in [3.8, 4) is 40.9 Å². The van der Waals surface area contributed by atoms with Gasteiger partial charge in [0.2, 0.25) is 17.7 Å². The van der Waals surface area contributed by atoms with Crippen molar-refractivity contribution in [3.63, 3.8) is 0 Å². The fraction of sp³-hybridized carbons (Fsp3) is 0.281. The molecule has 3 amide bonds. The van der Waals surface area contributed by atoms with E-state index in [4.69, 9.17) is 33.8 Å². The number of esters is 3. The molecule has 0 bridgehead atoms. The normalized spacial score (nSPS) is 13.7. The molecule has 0 atom stereocenters. The first kappa shape index (κ1) is 83.0. The molecule has 3 N–H and O–H groups in total. The second-order valence-electron chi connectivity index (χ2n) is 27.8. The average molecular weight is 1680 g/mol. The van der Waals surface area contributed by atoms with Crippen molar-refractivity contribution in [1.82, 2.24) is 44.6 Å². The third kappa shape index (κ3) is 21.9. The summed E-state index contributed by atoms with van der Waals surface area (Å²) in [5, 5.41) is 31.1. The summed E-state index contributed by atoms with van der Waals surface area (Å²) in [6.07, 6.45) is 8.53. The van der Waals surface area contributed by atoms with Crippen LogP contribution in [0.3, 0.4) is 0 Å². The van der Waals surface area contributed by atoms with Crippen LogP contribution in [0.25, 0.3) is 32.7 Å². The number of pyridine rings is 6. The van der Waals surface area contributed by atoms with Gasteiger partial charge < -0.3 is 53.7 Å². The summed E-state index contributed by atoms with van der Waals surface area (Å²) in [4.78, 5) is 107. The second kappa shape index (κ2) is 39.5. The van der Waals surface area contributed by atoms with Crippen molar-refractivity contribution in [2.75, 3.05) is 52.5 Å². The molecule has 0 spiro atoms. The van der Waals surface area contributed by atoms with E-state index in [9.17, 15) is 52.2 Å². The first-order valence-electron chi connectivity index (χ1n) is 37.6. The zero-order valence-corrected chi connectivity index (χ0v) is 65.9. The van der Waals surface area contributed by atoms with E-state index < -0.39 is 43.0 Å². The van der Waals surface area contributed by atoms with Crippen molar-refractivity contribution in [3.05, 3.63) is 264 Å². The molecule has 0 unspecified atom stereocenters. The van der Waals surface area contributed by atoms with Gasteiger partial charge in [-0.2, -0.15) is 0 Å². The molecule has 3 aliphatic heterocycles. The van der Waals surface area contributed by atoms with E-state index in [1.807, 2.05) is 72.8 Å². The summed E-state index contributed by atoms with van der Waals surface area (Å²) in [5.41, 5.74) is 8.20. The molecule has 5 aromatic carbocycles. The van der Waals surface area contributed by atoms with Gasteiger partial charge >= 0.3 is 17.9 Å². The number of hydrogen-bond donors (Lipinski definition) is 3. The van der Waals surface area contributed by atoms with Crippen molar-refractivity contribution < 1.29 is 80.9 Å². The molecule has 594 valence electrons. The number of carbonyl (C=O) groups is 6. The third-order valence-corrected chi connectivity index (χ3v) is 20.4. The number of benzene rings is 5. The predicted molar refractivity (Wildman–Crippen MR) is 432 cm³/mol. The number of amides is 3. The summed E-state index contributed by atoms with van der Waals surface area (Å²) in [6, 6.07) is 43.4. The summed E-state index contributed by atoms with van der Waals surface area (Å²) in [5.74, 6) is 7.72. The van der Waals surface area contributed by atoms with E-state index in [-0.39, 0.29) is 106 Å². The minimum atomic E-state index is -0.810. The molecule has 0 aliphatic carbocycles. The third-order valence-electron chi connectivity index (χ3n) is 19.6. The predicted octanol–water partition coefficient (Wildman–Crippen LogP) is 12.7. The Morgan fingerprint density at radius 2 is 0.741 bits per heavy atom. The Bertz CT molecular complexity index is 5540. The molecular weight excluding hydrogens is 1600 g/mol. The number of halogens is 4. The lowest BCUT2D eigenvalue weighted by Gasteiger charge is -2.30. The molecule has 6 aromatic heterocycles. The van der Waals surface area contributed by atoms with Crippen LogP contribution in [0, 0.1) is 44.8 Å². The molecule has 11 aromatic rings. The van der Waals surface area contributed by atoms with Crippen LogP contribution in [0.5, 0.6) is 17.2 Å². The molecule has 14 rings (SSSR count). The molecular formula is C89H81F3IN9O14. The highest BCUT2D eigenvalue weighted by Crippen LogP contribution is 2.36. The average Bonchev–Trinajstić information content (AvgIpc) is 0.776. The van der Waals surface area contributed by atoms with Crippen LogP contribution < -0.4 is 9.47 Å². The Kier molecular flexibility index (Phi) is 28.3. The molecule has 23 nitrogen and oxygen atoms in total. The number of carbonyl (C=O) groups excluding carboxylic acids is 6. The molecule has 27 heteroatoms. The molecule has 3 aliphatic rings. The zero-order valence-electron chi connectivity index (χ0n) is 63.7. The summed E-state index contributed by atoms with van der Waals surface area (Å²) < 4.78 is 70.2. The van der Waals surface area contributed by atoms with E-state index in [1.54, 1.807) is 82.7 Å². The largest absolute Gasteiger partial charge is 0.504 e. The van der Waals surface area contributed by atoms with E-state index in [0.29, 0.717) is 123 Å². The number of piperidine rings is 3. The molecule has 0 saturated carbocycles. The maximum Gasteiger partial charge on any atom is 0.361 e. The Hall–Kier alpha value is -12.4. The molecule has 0 radical (unpaired) electrons. The number of hydrogen-bond acceptors (Lipinski definition) is 20. The van der Waals surface area contributed by atoms with Gasteiger partial charge in [-0.05, 0) is 153 Å². The Morgan fingerprint density at radius 1 is 0.422 bits per heavy atom. The van der Waals surface area contributed by atoms with Gasteiger partial charge in [-0.3, -0.25) is 29.3 Å². The highest BCUT2D eigenvalue weighted by atomic mass is 127. The number of fused-ring (bicyclic) bond motifs is 3.